The van der Waals surface area contributed by atoms with E-state index in [4.69, 9.17) is 10.00 Å². The van der Waals surface area contributed by atoms with Gasteiger partial charge in [0.25, 0.3) is 6.26 Å². The maximum Gasteiger partial charge on any atom is 0.347 e. The SMILES string of the molecule is C=CC(=O)OC#N.CC(C)(C)c1ccc(OC(=O)c2ccccc2O)cc1. The number of aromatic hydroxyl groups is 1. The number of hydrogen-bond donors (Lipinski definition) is 1. The number of rotatable bonds is 3. The van der Waals surface area contributed by atoms with Gasteiger partial charge in [0.1, 0.15) is 17.1 Å². The molecule has 6 heteroatoms. The number of phenols is 1. The number of esters is 2. The molecule has 0 unspecified atom stereocenters. The summed E-state index contributed by atoms with van der Waals surface area (Å²) in [5.41, 5.74) is 1.38. The lowest BCUT2D eigenvalue weighted by Crippen LogP contribution is -2.11. The van der Waals surface area contributed by atoms with E-state index in [1.54, 1.807) is 24.3 Å². The van der Waals surface area contributed by atoms with E-state index < -0.39 is 11.9 Å². The molecule has 0 spiro atoms. The van der Waals surface area contributed by atoms with Crippen molar-refractivity contribution in [3.63, 3.8) is 0 Å². The lowest BCUT2D eigenvalue weighted by atomic mass is 9.87. The molecule has 0 fully saturated rings. The molecule has 0 amide bonds. The fourth-order valence-electron chi connectivity index (χ4n) is 1.92. The molecule has 140 valence electrons. The molecule has 27 heavy (non-hydrogen) atoms. The minimum atomic E-state index is -0.720. The second-order valence-corrected chi connectivity index (χ2v) is 6.40. The Labute approximate surface area is 158 Å². The largest absolute Gasteiger partial charge is 0.507 e. The predicted octanol–water partition coefficient (Wildman–Crippen LogP) is 4.11. The van der Waals surface area contributed by atoms with Gasteiger partial charge in [-0.3, -0.25) is 0 Å². The van der Waals surface area contributed by atoms with Crippen LogP contribution in [0.25, 0.3) is 0 Å². The quantitative estimate of drug-likeness (QED) is 0.380. The van der Waals surface area contributed by atoms with Crippen LogP contribution in [0.3, 0.4) is 0 Å². The number of nitriles is 1. The highest BCUT2D eigenvalue weighted by Crippen LogP contribution is 2.25. The van der Waals surface area contributed by atoms with Crippen molar-refractivity contribution in [2.75, 3.05) is 0 Å². The molecule has 0 aliphatic heterocycles. The average Bonchev–Trinajstić information content (AvgIpc) is 2.62. The van der Waals surface area contributed by atoms with Gasteiger partial charge >= 0.3 is 11.9 Å². The third-order valence-electron chi connectivity index (χ3n) is 3.37. The highest BCUT2D eigenvalue weighted by Gasteiger charge is 2.15. The smallest absolute Gasteiger partial charge is 0.347 e. The fraction of sp³-hybridized carbons (Fsp3) is 0.190. The Morgan fingerprint density at radius 1 is 1.11 bits per heavy atom. The zero-order valence-corrected chi connectivity index (χ0v) is 15.4. The van der Waals surface area contributed by atoms with E-state index in [0.29, 0.717) is 5.75 Å². The Bertz CT molecular complexity index is 842. The molecule has 0 aliphatic carbocycles. The first-order chi connectivity index (χ1) is 12.7. The topological polar surface area (TPSA) is 96.6 Å². The van der Waals surface area contributed by atoms with E-state index in [1.165, 1.54) is 24.0 Å². The molecule has 0 aromatic heterocycles. The lowest BCUT2D eigenvalue weighted by Gasteiger charge is -2.19. The van der Waals surface area contributed by atoms with E-state index >= 15 is 0 Å². The van der Waals surface area contributed by atoms with Crippen LogP contribution in [0.15, 0.2) is 61.2 Å². The Balaban J connectivity index is 0.000000445. The fourth-order valence-corrected chi connectivity index (χ4v) is 1.92. The number of nitrogens with zero attached hydrogens (tertiary/aromatic N) is 1. The Morgan fingerprint density at radius 2 is 1.70 bits per heavy atom. The van der Waals surface area contributed by atoms with Crippen molar-refractivity contribution in [1.82, 2.24) is 0 Å². The molecule has 2 aromatic carbocycles. The summed E-state index contributed by atoms with van der Waals surface area (Å²) in [7, 11) is 0. The summed E-state index contributed by atoms with van der Waals surface area (Å²) in [6.45, 7) is 9.42. The van der Waals surface area contributed by atoms with Gasteiger partial charge in [-0.1, -0.05) is 51.6 Å². The van der Waals surface area contributed by atoms with Crippen LogP contribution in [0.1, 0.15) is 36.7 Å². The number of phenolic OH excluding ortho intramolecular Hbond substituents is 1. The summed E-state index contributed by atoms with van der Waals surface area (Å²) in [6, 6.07) is 13.7. The van der Waals surface area contributed by atoms with Gasteiger partial charge < -0.3 is 14.6 Å². The summed E-state index contributed by atoms with van der Waals surface area (Å²) >= 11 is 0. The van der Waals surface area contributed by atoms with Crippen molar-refractivity contribution in [3.05, 3.63) is 72.3 Å². The molecule has 0 heterocycles. The van der Waals surface area contributed by atoms with Crippen LogP contribution in [0, 0.1) is 11.5 Å². The molecule has 0 atom stereocenters. The maximum atomic E-state index is 11.9. The Hall–Kier alpha value is -3.59. The lowest BCUT2D eigenvalue weighted by molar-refractivity contribution is -0.131. The molecule has 2 rings (SSSR count). The molecule has 2 aromatic rings. The van der Waals surface area contributed by atoms with Crippen LogP contribution in [0.5, 0.6) is 11.5 Å². The number of para-hydroxylation sites is 1. The number of ether oxygens (including phenoxy) is 2. The summed E-state index contributed by atoms with van der Waals surface area (Å²) in [6.07, 6.45) is 2.12. The van der Waals surface area contributed by atoms with Gasteiger partial charge in [0.05, 0.1) is 0 Å². The van der Waals surface area contributed by atoms with Gasteiger partial charge in [0.2, 0.25) is 0 Å². The van der Waals surface area contributed by atoms with Crippen molar-refractivity contribution >= 4 is 11.9 Å². The minimum absolute atomic E-state index is 0.0558. The van der Waals surface area contributed by atoms with E-state index in [9.17, 15) is 14.7 Å². The number of carbonyl (C=O) groups is 2. The van der Waals surface area contributed by atoms with Crippen LogP contribution < -0.4 is 4.74 Å². The molecule has 0 radical (unpaired) electrons. The first-order valence-electron chi connectivity index (χ1n) is 8.02. The normalized spacial score (nSPS) is 9.85. The van der Waals surface area contributed by atoms with Gasteiger partial charge in [-0.2, -0.15) is 0 Å². The highest BCUT2D eigenvalue weighted by molar-refractivity contribution is 5.93. The van der Waals surface area contributed by atoms with E-state index in [0.717, 1.165) is 6.08 Å². The van der Waals surface area contributed by atoms with Crippen molar-refractivity contribution in [2.24, 2.45) is 0 Å². The minimum Gasteiger partial charge on any atom is -0.507 e. The average molecular weight is 367 g/mol. The molecule has 0 bridgehead atoms. The van der Waals surface area contributed by atoms with Crippen LogP contribution >= 0.6 is 0 Å². The molecule has 0 aliphatic rings. The molecule has 0 saturated carbocycles. The highest BCUT2D eigenvalue weighted by atomic mass is 16.5. The van der Waals surface area contributed by atoms with Crippen molar-refractivity contribution in [3.8, 4) is 17.8 Å². The van der Waals surface area contributed by atoms with Crippen molar-refractivity contribution < 1.29 is 24.2 Å². The van der Waals surface area contributed by atoms with Crippen molar-refractivity contribution in [1.29, 1.82) is 5.26 Å². The molecular weight excluding hydrogens is 346 g/mol. The standard InChI is InChI=1S/C17H18O3.C4H3NO2/c1-17(2,3)12-8-10-13(11-9-12)20-16(19)14-6-4-5-7-15(14)18;1-2-4(6)7-3-5/h4-11,18H,1-3H3;2H,1H2. The number of carbonyl (C=O) groups excluding carboxylic acids is 2. The third-order valence-corrected chi connectivity index (χ3v) is 3.37. The summed E-state index contributed by atoms with van der Waals surface area (Å²) in [5, 5.41) is 17.2. The molecule has 1 N–H and O–H groups in total. The van der Waals surface area contributed by atoms with E-state index in [-0.39, 0.29) is 16.7 Å². The van der Waals surface area contributed by atoms with Crippen LogP contribution in [-0.2, 0) is 14.9 Å². The van der Waals surface area contributed by atoms with Gasteiger partial charge in [0, 0.05) is 6.08 Å². The van der Waals surface area contributed by atoms with Crippen LogP contribution in [0.2, 0.25) is 0 Å². The Kier molecular flexibility index (Phi) is 7.77. The molecule has 0 saturated heterocycles. The van der Waals surface area contributed by atoms with E-state index in [1.807, 2.05) is 12.1 Å². The first-order valence-corrected chi connectivity index (χ1v) is 8.02. The predicted molar refractivity (Wildman–Crippen MR) is 100 cm³/mol. The molecule has 6 nitrogen and oxygen atoms in total. The van der Waals surface area contributed by atoms with Gasteiger partial charge in [-0.05, 0) is 35.2 Å². The van der Waals surface area contributed by atoms with Gasteiger partial charge in [-0.15, -0.1) is 5.26 Å². The summed E-state index contributed by atoms with van der Waals surface area (Å²) in [4.78, 5) is 21.8. The van der Waals surface area contributed by atoms with E-state index in [2.05, 4.69) is 32.1 Å². The summed E-state index contributed by atoms with van der Waals surface area (Å²) < 4.78 is 8.99. The zero-order chi connectivity index (χ0) is 20.4. The summed E-state index contributed by atoms with van der Waals surface area (Å²) in [5.74, 6) is -0.899. The zero-order valence-electron chi connectivity index (χ0n) is 15.4. The molecular formula is C21H21NO5. The van der Waals surface area contributed by atoms with Crippen LogP contribution in [-0.4, -0.2) is 17.0 Å². The second-order valence-electron chi connectivity index (χ2n) is 6.40. The Morgan fingerprint density at radius 3 is 2.15 bits per heavy atom. The number of benzene rings is 2. The third kappa shape index (κ3) is 7.04. The van der Waals surface area contributed by atoms with Gasteiger partial charge in [0.15, 0.2) is 0 Å². The number of hydrogen-bond acceptors (Lipinski definition) is 6. The van der Waals surface area contributed by atoms with Crippen LogP contribution in [0.4, 0.5) is 0 Å². The van der Waals surface area contributed by atoms with Gasteiger partial charge in [-0.25, -0.2) is 9.59 Å². The maximum absolute atomic E-state index is 11.9. The second kappa shape index (κ2) is 9.78. The van der Waals surface area contributed by atoms with Crippen molar-refractivity contribution in [2.45, 2.75) is 26.2 Å². The monoisotopic (exact) mass is 367 g/mol. The first kappa shape index (κ1) is 21.5.